The molecule has 5 rings (SSSR count). The van der Waals surface area contributed by atoms with Gasteiger partial charge in [-0.3, -0.25) is 14.8 Å². The van der Waals surface area contributed by atoms with Crippen LogP contribution in [0.2, 0.25) is 0 Å². The molecular formula is C22H24N6O2S2. The Morgan fingerprint density at radius 1 is 1.22 bits per heavy atom. The number of benzene rings is 1. The van der Waals surface area contributed by atoms with Crippen molar-refractivity contribution in [2.45, 2.75) is 19.3 Å². The molecule has 2 aromatic heterocycles. The molecule has 0 saturated carbocycles. The van der Waals surface area contributed by atoms with Crippen LogP contribution in [0, 0.1) is 0 Å². The van der Waals surface area contributed by atoms with E-state index in [0.29, 0.717) is 10.1 Å². The van der Waals surface area contributed by atoms with Crippen LogP contribution in [0.3, 0.4) is 0 Å². The summed E-state index contributed by atoms with van der Waals surface area (Å²) in [7, 11) is 0. The summed E-state index contributed by atoms with van der Waals surface area (Å²) < 4.78 is 5.39. The molecule has 0 spiro atoms. The van der Waals surface area contributed by atoms with Gasteiger partial charge in [0.2, 0.25) is 0 Å². The minimum atomic E-state index is -0.128. The summed E-state index contributed by atoms with van der Waals surface area (Å²) in [6, 6.07) is 5.78. The first-order chi connectivity index (χ1) is 15.7. The third-order valence-corrected chi connectivity index (χ3v) is 7.28. The number of carbonyl (C=O) groups excluding carboxylic acids is 1. The molecule has 2 N–H and O–H groups in total. The third-order valence-electron chi connectivity index (χ3n) is 5.37. The Labute approximate surface area is 194 Å². The summed E-state index contributed by atoms with van der Waals surface area (Å²) in [6.45, 7) is 4.90. The molecule has 10 heteroatoms. The van der Waals surface area contributed by atoms with Crippen molar-refractivity contribution in [2.24, 2.45) is 4.99 Å². The molecule has 1 amide bonds. The lowest BCUT2D eigenvalue weighted by Gasteiger charge is -2.26. The van der Waals surface area contributed by atoms with E-state index in [4.69, 9.17) is 4.74 Å². The Morgan fingerprint density at radius 2 is 2.12 bits per heavy atom. The fourth-order valence-electron chi connectivity index (χ4n) is 3.66. The highest BCUT2D eigenvalue weighted by atomic mass is 32.2. The molecule has 0 unspecified atom stereocenters. The zero-order chi connectivity index (χ0) is 21.8. The number of hydrogen-bond acceptors (Lipinski definition) is 8. The molecule has 2 fully saturated rings. The number of H-pyrrole nitrogens is 1. The van der Waals surface area contributed by atoms with Gasteiger partial charge >= 0.3 is 0 Å². The average Bonchev–Trinajstić information content (AvgIpc) is 3.53. The minimum Gasteiger partial charge on any atom is -0.379 e. The molecule has 3 aromatic rings. The van der Waals surface area contributed by atoms with Gasteiger partial charge < -0.3 is 10.1 Å². The van der Waals surface area contributed by atoms with Gasteiger partial charge in [-0.1, -0.05) is 0 Å². The number of thiazole rings is 1. The first-order valence-corrected chi connectivity index (χ1v) is 12.3. The zero-order valence-electron chi connectivity index (χ0n) is 17.5. The molecule has 166 valence electrons. The van der Waals surface area contributed by atoms with Gasteiger partial charge in [0, 0.05) is 29.5 Å². The van der Waals surface area contributed by atoms with Crippen LogP contribution in [-0.2, 0) is 16.0 Å². The van der Waals surface area contributed by atoms with Crippen LogP contribution in [0.25, 0.3) is 17.0 Å². The Kier molecular flexibility index (Phi) is 6.63. The lowest BCUT2D eigenvalue weighted by molar-refractivity contribution is -0.115. The molecule has 8 nitrogen and oxygen atoms in total. The monoisotopic (exact) mass is 468 g/mol. The number of aryl methyl sites for hydroxylation is 1. The number of hydrogen-bond donors (Lipinski definition) is 2. The summed E-state index contributed by atoms with van der Waals surface area (Å²) >= 11 is 3.00. The maximum absolute atomic E-state index is 12.4. The van der Waals surface area contributed by atoms with E-state index in [1.807, 2.05) is 30.5 Å². The first-order valence-electron chi connectivity index (χ1n) is 10.7. The highest BCUT2D eigenvalue weighted by molar-refractivity contribution is 8.18. The predicted molar refractivity (Wildman–Crippen MR) is 129 cm³/mol. The summed E-state index contributed by atoms with van der Waals surface area (Å²) in [5.74, 6) is -0.128. The highest BCUT2D eigenvalue weighted by Crippen LogP contribution is 2.30. The van der Waals surface area contributed by atoms with Crippen molar-refractivity contribution in [1.29, 1.82) is 0 Å². The third kappa shape index (κ3) is 5.26. The van der Waals surface area contributed by atoms with Crippen molar-refractivity contribution < 1.29 is 9.53 Å². The topological polar surface area (TPSA) is 95.5 Å². The molecule has 0 radical (unpaired) electrons. The summed E-state index contributed by atoms with van der Waals surface area (Å²) in [5.41, 5.74) is 1.68. The number of ether oxygens (including phenoxy) is 1. The number of morpholine rings is 1. The number of fused-ring (bicyclic) bond motifs is 1. The molecule has 2 aliphatic heterocycles. The number of amidine groups is 1. The van der Waals surface area contributed by atoms with Crippen LogP contribution in [0.15, 0.2) is 40.5 Å². The summed E-state index contributed by atoms with van der Waals surface area (Å²) in [6.07, 6.45) is 8.78. The Bertz CT molecular complexity index is 1160. The van der Waals surface area contributed by atoms with Crippen molar-refractivity contribution in [3.05, 3.63) is 45.4 Å². The largest absolute Gasteiger partial charge is 0.379 e. The van der Waals surface area contributed by atoms with Gasteiger partial charge in [-0.25, -0.2) is 9.98 Å². The number of amides is 1. The minimum absolute atomic E-state index is 0.128. The van der Waals surface area contributed by atoms with Gasteiger partial charge in [0.1, 0.15) is 0 Å². The van der Waals surface area contributed by atoms with E-state index < -0.39 is 0 Å². The molecule has 2 saturated heterocycles. The molecule has 0 aliphatic carbocycles. The van der Waals surface area contributed by atoms with Gasteiger partial charge in [-0.05, 0) is 61.8 Å². The SMILES string of the molecule is O=C1NC(=Nc2ccc3cn[nH]c3c2)S/C1=C\c1cnc(CCCCN2CCOCC2)s1. The molecular weight excluding hydrogens is 444 g/mol. The van der Waals surface area contributed by atoms with E-state index >= 15 is 0 Å². The molecule has 0 bridgehead atoms. The molecule has 0 atom stereocenters. The van der Waals surface area contributed by atoms with E-state index in [2.05, 4.69) is 30.4 Å². The summed E-state index contributed by atoms with van der Waals surface area (Å²) in [4.78, 5) is 25.6. The van der Waals surface area contributed by atoms with E-state index in [1.54, 1.807) is 17.5 Å². The van der Waals surface area contributed by atoms with Crippen molar-refractivity contribution in [1.82, 2.24) is 25.4 Å². The van der Waals surface area contributed by atoms with Gasteiger partial charge in [0.05, 0.1) is 40.5 Å². The molecule has 2 aliphatic rings. The van der Waals surface area contributed by atoms with Gasteiger partial charge in [-0.2, -0.15) is 5.10 Å². The average molecular weight is 469 g/mol. The van der Waals surface area contributed by atoms with Crippen LogP contribution in [0.5, 0.6) is 0 Å². The van der Waals surface area contributed by atoms with Gasteiger partial charge in [0.25, 0.3) is 5.91 Å². The molecule has 4 heterocycles. The van der Waals surface area contributed by atoms with Crippen LogP contribution >= 0.6 is 23.1 Å². The lowest BCUT2D eigenvalue weighted by atomic mass is 10.2. The second kappa shape index (κ2) is 9.95. The van der Waals surface area contributed by atoms with Crippen molar-refractivity contribution in [3.8, 4) is 0 Å². The number of nitrogens with one attached hydrogen (secondary N) is 2. The molecule has 1 aromatic carbocycles. The fourth-order valence-corrected chi connectivity index (χ4v) is 5.48. The standard InChI is InChI=1S/C22H24N6O2S2/c29-21-19(32-22(26-21)25-16-5-4-15-13-24-27-18(15)11-16)12-17-14-23-20(31-17)3-1-2-6-28-7-9-30-10-8-28/h4-5,11-14H,1-3,6-10H2,(H,24,27)(H,25,26,29)/b19-12-. The van der Waals surface area contributed by atoms with Crippen LogP contribution in [0.4, 0.5) is 5.69 Å². The van der Waals surface area contributed by atoms with E-state index in [1.165, 1.54) is 18.2 Å². The van der Waals surface area contributed by atoms with E-state index in [0.717, 1.165) is 72.2 Å². The van der Waals surface area contributed by atoms with Crippen LogP contribution in [-0.4, -0.2) is 64.0 Å². The predicted octanol–water partition coefficient (Wildman–Crippen LogP) is 3.57. The number of aliphatic imine (C=N–C) groups is 1. The van der Waals surface area contributed by atoms with Crippen molar-refractivity contribution in [3.63, 3.8) is 0 Å². The normalized spacial score (nSPS) is 19.9. The Morgan fingerprint density at radius 3 is 3.03 bits per heavy atom. The number of thioether (sulfide) groups is 1. The highest BCUT2D eigenvalue weighted by Gasteiger charge is 2.24. The number of aromatic amines is 1. The lowest BCUT2D eigenvalue weighted by Crippen LogP contribution is -2.36. The number of nitrogens with zero attached hydrogens (tertiary/aromatic N) is 4. The smallest absolute Gasteiger partial charge is 0.264 e. The summed E-state index contributed by atoms with van der Waals surface area (Å²) in [5, 5.41) is 12.5. The van der Waals surface area contributed by atoms with Gasteiger partial charge in [-0.15, -0.1) is 11.3 Å². The van der Waals surface area contributed by atoms with Crippen LogP contribution < -0.4 is 5.32 Å². The van der Waals surface area contributed by atoms with Crippen LogP contribution in [0.1, 0.15) is 22.7 Å². The van der Waals surface area contributed by atoms with Gasteiger partial charge in [0.15, 0.2) is 5.17 Å². The first kappa shape index (κ1) is 21.3. The number of rotatable bonds is 7. The molecule has 32 heavy (non-hydrogen) atoms. The number of unbranched alkanes of at least 4 members (excludes halogenated alkanes) is 1. The second-order valence-corrected chi connectivity index (χ2v) is 9.87. The van der Waals surface area contributed by atoms with Crippen molar-refractivity contribution in [2.75, 3.05) is 32.8 Å². The van der Waals surface area contributed by atoms with E-state index in [9.17, 15) is 4.79 Å². The Balaban J connectivity index is 1.16. The Hall–Kier alpha value is -2.53. The number of aromatic nitrogens is 3. The fraction of sp³-hybridized carbons (Fsp3) is 0.364. The maximum Gasteiger partial charge on any atom is 0.264 e. The van der Waals surface area contributed by atoms with E-state index in [-0.39, 0.29) is 5.91 Å². The second-order valence-electron chi connectivity index (χ2n) is 7.69. The zero-order valence-corrected chi connectivity index (χ0v) is 19.2. The number of carbonyl (C=O) groups is 1. The van der Waals surface area contributed by atoms with Crippen molar-refractivity contribution >= 4 is 56.8 Å². The quantitative estimate of drug-likeness (QED) is 0.407. The maximum atomic E-state index is 12.4.